The molecule has 0 aromatic heterocycles. The van der Waals surface area contributed by atoms with E-state index in [9.17, 15) is 0 Å². The normalized spacial score (nSPS) is 27.5. The van der Waals surface area contributed by atoms with E-state index in [1.54, 1.807) is 0 Å². The molecule has 0 amide bonds. The first-order valence-electron chi connectivity index (χ1n) is 6.25. The Kier molecular flexibility index (Phi) is 4.59. The van der Waals surface area contributed by atoms with E-state index in [0.29, 0.717) is 6.61 Å². The molecule has 0 radical (unpaired) electrons. The molecular weight excluding hydrogens is 228 g/mol. The minimum Gasteiger partial charge on any atom is -0.373 e. The van der Waals surface area contributed by atoms with Gasteiger partial charge in [-0.2, -0.15) is 0 Å². The molecule has 2 rings (SSSR count). The standard InChI is InChI=1S/C13H18N4O/c14-12-8-11(6-7-13(12)16-17-15)18-9-10-4-2-1-3-5-10/h1-5,11-13H,6-9,14H2/t11-,12+,13+/m0/s1. The zero-order chi connectivity index (χ0) is 12.8. The minimum absolute atomic E-state index is 0.0772. The topological polar surface area (TPSA) is 84.0 Å². The van der Waals surface area contributed by atoms with E-state index >= 15 is 0 Å². The van der Waals surface area contributed by atoms with Crippen molar-refractivity contribution in [3.8, 4) is 0 Å². The Hall–Kier alpha value is -1.55. The van der Waals surface area contributed by atoms with Crippen molar-refractivity contribution in [1.82, 2.24) is 0 Å². The summed E-state index contributed by atoms with van der Waals surface area (Å²) in [5, 5.41) is 3.72. The molecule has 0 saturated heterocycles. The van der Waals surface area contributed by atoms with Crippen LogP contribution < -0.4 is 5.73 Å². The van der Waals surface area contributed by atoms with Gasteiger partial charge in [0.25, 0.3) is 0 Å². The molecule has 1 saturated carbocycles. The number of hydrogen-bond donors (Lipinski definition) is 1. The van der Waals surface area contributed by atoms with Gasteiger partial charge in [-0.05, 0) is 30.4 Å². The first-order chi connectivity index (χ1) is 8.79. The fraction of sp³-hybridized carbons (Fsp3) is 0.538. The van der Waals surface area contributed by atoms with Crippen molar-refractivity contribution in [2.45, 2.75) is 44.1 Å². The van der Waals surface area contributed by atoms with E-state index in [4.69, 9.17) is 16.0 Å². The maximum Gasteiger partial charge on any atom is 0.0720 e. The lowest BCUT2D eigenvalue weighted by Crippen LogP contribution is -2.41. The van der Waals surface area contributed by atoms with Crippen molar-refractivity contribution in [2.24, 2.45) is 10.8 Å². The molecule has 3 atom stereocenters. The monoisotopic (exact) mass is 246 g/mol. The van der Waals surface area contributed by atoms with Crippen LogP contribution in [0.4, 0.5) is 0 Å². The quantitative estimate of drug-likeness (QED) is 0.503. The lowest BCUT2D eigenvalue weighted by Gasteiger charge is -2.31. The third-order valence-electron chi connectivity index (χ3n) is 3.34. The molecule has 1 aromatic rings. The molecule has 5 heteroatoms. The average Bonchev–Trinajstić information content (AvgIpc) is 2.41. The van der Waals surface area contributed by atoms with Gasteiger partial charge in [0.1, 0.15) is 0 Å². The summed E-state index contributed by atoms with van der Waals surface area (Å²) in [6.45, 7) is 0.615. The van der Waals surface area contributed by atoms with Gasteiger partial charge in [0.05, 0.1) is 18.8 Å². The van der Waals surface area contributed by atoms with Gasteiger partial charge in [-0.25, -0.2) is 0 Å². The Morgan fingerprint density at radius 1 is 1.33 bits per heavy atom. The average molecular weight is 246 g/mol. The molecule has 1 aromatic carbocycles. The van der Waals surface area contributed by atoms with Gasteiger partial charge in [0, 0.05) is 11.0 Å². The number of hydrogen-bond acceptors (Lipinski definition) is 3. The number of azide groups is 1. The summed E-state index contributed by atoms with van der Waals surface area (Å²) in [7, 11) is 0. The number of ether oxygens (including phenoxy) is 1. The third-order valence-corrected chi connectivity index (χ3v) is 3.34. The Morgan fingerprint density at radius 2 is 2.11 bits per heavy atom. The lowest BCUT2D eigenvalue weighted by molar-refractivity contribution is 0.00871. The summed E-state index contributed by atoms with van der Waals surface area (Å²) in [5.74, 6) is 0. The summed E-state index contributed by atoms with van der Waals surface area (Å²) in [6, 6.07) is 9.93. The van der Waals surface area contributed by atoms with E-state index in [0.717, 1.165) is 19.3 Å². The highest BCUT2D eigenvalue weighted by molar-refractivity contribution is 5.13. The highest BCUT2D eigenvalue weighted by Crippen LogP contribution is 2.23. The smallest absolute Gasteiger partial charge is 0.0720 e. The summed E-state index contributed by atoms with van der Waals surface area (Å²) in [5.41, 5.74) is 15.6. The van der Waals surface area contributed by atoms with Crippen LogP contribution in [0, 0.1) is 0 Å². The predicted octanol–water partition coefficient (Wildman–Crippen LogP) is 2.76. The van der Waals surface area contributed by atoms with Gasteiger partial charge in [0.15, 0.2) is 0 Å². The second-order valence-corrected chi connectivity index (χ2v) is 4.67. The predicted molar refractivity (Wildman–Crippen MR) is 69.8 cm³/mol. The molecule has 1 aliphatic carbocycles. The molecular formula is C13H18N4O. The zero-order valence-electron chi connectivity index (χ0n) is 10.3. The highest BCUT2D eigenvalue weighted by atomic mass is 16.5. The molecule has 2 N–H and O–H groups in total. The fourth-order valence-corrected chi connectivity index (χ4v) is 2.30. The first kappa shape index (κ1) is 12.9. The summed E-state index contributed by atoms with van der Waals surface area (Å²) >= 11 is 0. The number of benzene rings is 1. The van der Waals surface area contributed by atoms with E-state index < -0.39 is 0 Å². The molecule has 0 heterocycles. The molecule has 0 spiro atoms. The van der Waals surface area contributed by atoms with Gasteiger partial charge in [-0.1, -0.05) is 35.4 Å². The van der Waals surface area contributed by atoms with Crippen LogP contribution in [0.2, 0.25) is 0 Å². The van der Waals surface area contributed by atoms with E-state index in [1.807, 2.05) is 30.3 Å². The Morgan fingerprint density at radius 3 is 2.78 bits per heavy atom. The number of rotatable bonds is 4. The second kappa shape index (κ2) is 6.40. The van der Waals surface area contributed by atoms with Crippen molar-refractivity contribution in [3.05, 3.63) is 46.3 Å². The molecule has 0 unspecified atom stereocenters. The Labute approximate surface area is 107 Å². The molecule has 5 nitrogen and oxygen atoms in total. The summed E-state index contributed by atoms with van der Waals surface area (Å²) < 4.78 is 5.85. The van der Waals surface area contributed by atoms with Gasteiger partial charge >= 0.3 is 0 Å². The molecule has 96 valence electrons. The van der Waals surface area contributed by atoms with Crippen LogP contribution in [0.1, 0.15) is 24.8 Å². The number of nitrogens with two attached hydrogens (primary N) is 1. The van der Waals surface area contributed by atoms with Gasteiger partial charge in [-0.15, -0.1) is 0 Å². The van der Waals surface area contributed by atoms with Crippen molar-refractivity contribution in [3.63, 3.8) is 0 Å². The fourth-order valence-electron chi connectivity index (χ4n) is 2.30. The largest absolute Gasteiger partial charge is 0.373 e. The Balaban J connectivity index is 1.81. The summed E-state index contributed by atoms with van der Waals surface area (Å²) in [4.78, 5) is 2.83. The lowest BCUT2D eigenvalue weighted by atomic mass is 9.89. The molecule has 1 aliphatic rings. The maximum absolute atomic E-state index is 8.43. The van der Waals surface area contributed by atoms with Crippen LogP contribution in [0.5, 0.6) is 0 Å². The molecule has 18 heavy (non-hydrogen) atoms. The van der Waals surface area contributed by atoms with Crippen molar-refractivity contribution >= 4 is 0 Å². The van der Waals surface area contributed by atoms with Crippen LogP contribution in [0.25, 0.3) is 10.4 Å². The van der Waals surface area contributed by atoms with E-state index in [2.05, 4.69) is 10.0 Å². The number of nitrogens with zero attached hydrogens (tertiary/aromatic N) is 3. The SMILES string of the molecule is [N-]=[N+]=N[C@@H]1CC[C@H](OCc2ccccc2)C[C@H]1N. The van der Waals surface area contributed by atoms with Crippen molar-refractivity contribution in [1.29, 1.82) is 0 Å². The third kappa shape index (κ3) is 3.47. The van der Waals surface area contributed by atoms with Gasteiger partial charge in [0.2, 0.25) is 0 Å². The molecule has 0 aliphatic heterocycles. The van der Waals surface area contributed by atoms with Gasteiger partial charge in [-0.3, -0.25) is 0 Å². The minimum atomic E-state index is -0.0876. The zero-order valence-corrected chi connectivity index (χ0v) is 10.3. The van der Waals surface area contributed by atoms with E-state index in [-0.39, 0.29) is 18.2 Å². The van der Waals surface area contributed by atoms with Crippen LogP contribution >= 0.6 is 0 Å². The first-order valence-corrected chi connectivity index (χ1v) is 6.25. The molecule has 1 fully saturated rings. The maximum atomic E-state index is 8.43. The van der Waals surface area contributed by atoms with E-state index in [1.165, 1.54) is 5.56 Å². The van der Waals surface area contributed by atoms with Crippen LogP contribution in [-0.2, 0) is 11.3 Å². The van der Waals surface area contributed by atoms with Crippen LogP contribution in [-0.4, -0.2) is 18.2 Å². The summed E-state index contributed by atoms with van der Waals surface area (Å²) in [6.07, 6.45) is 2.65. The van der Waals surface area contributed by atoms with Gasteiger partial charge < -0.3 is 10.5 Å². The van der Waals surface area contributed by atoms with Crippen LogP contribution in [0.3, 0.4) is 0 Å². The van der Waals surface area contributed by atoms with Crippen LogP contribution in [0.15, 0.2) is 35.4 Å². The Bertz CT molecular complexity index is 416. The van der Waals surface area contributed by atoms with Crippen molar-refractivity contribution < 1.29 is 4.74 Å². The van der Waals surface area contributed by atoms with Crippen molar-refractivity contribution in [2.75, 3.05) is 0 Å². The highest BCUT2D eigenvalue weighted by Gasteiger charge is 2.27. The molecule has 0 bridgehead atoms. The second-order valence-electron chi connectivity index (χ2n) is 4.67.